The second-order valence-corrected chi connectivity index (χ2v) is 33.1. The number of esters is 1. The Morgan fingerprint density at radius 3 is 1.98 bits per heavy atom. The maximum atomic E-state index is 14.4. The SMILES string of the molecule is COC(=O)[C@@]12C[C@H](O[Si](C)(C)C)CC[C@]1(C)[C@H]1C[C@H](O[Si](C)(C)C)[C@]3(C)[C@@H]([C@H](C)C/C=C/C(C)C)CC[C@H]3[C@@H]1[C@H](O[Si](C)(C)C)C2. The van der Waals surface area contributed by atoms with Gasteiger partial charge in [0.1, 0.15) is 0 Å². The first-order chi connectivity index (χ1) is 21.0. The third-order valence-electron chi connectivity index (χ3n) is 12.7. The van der Waals surface area contributed by atoms with Gasteiger partial charge in [-0.3, -0.25) is 4.79 Å². The summed E-state index contributed by atoms with van der Waals surface area (Å²) in [6.07, 6.45) is 13.4. The molecular weight excluding hydrogens is 621 g/mol. The van der Waals surface area contributed by atoms with Crippen LogP contribution in [0.1, 0.15) is 86.0 Å². The molecule has 4 rings (SSSR count). The van der Waals surface area contributed by atoms with Gasteiger partial charge < -0.3 is 18.0 Å². The number of carbonyl (C=O) groups excluding carboxylic acids is 1. The molecule has 0 aromatic heterocycles. The molecule has 0 spiro atoms. The van der Waals surface area contributed by atoms with Crippen LogP contribution < -0.4 is 0 Å². The van der Waals surface area contributed by atoms with E-state index in [9.17, 15) is 4.79 Å². The van der Waals surface area contributed by atoms with Crippen molar-refractivity contribution in [3.05, 3.63) is 12.2 Å². The number of fused-ring (bicyclic) bond motifs is 5. The Kier molecular flexibility index (Phi) is 11.3. The van der Waals surface area contributed by atoms with Crippen LogP contribution in [0.5, 0.6) is 0 Å². The lowest BCUT2D eigenvalue weighted by molar-refractivity contribution is -0.238. The first-order valence-electron chi connectivity index (χ1n) is 18.8. The molecule has 11 atom stereocenters. The Bertz CT molecular complexity index is 1110. The second-order valence-electron chi connectivity index (χ2n) is 19.7. The molecule has 0 saturated heterocycles. The minimum Gasteiger partial charge on any atom is -0.469 e. The number of ether oxygens (including phenoxy) is 1. The highest BCUT2D eigenvalue weighted by Gasteiger charge is 2.72. The van der Waals surface area contributed by atoms with Crippen molar-refractivity contribution in [2.24, 2.45) is 51.8 Å². The molecule has 4 aliphatic rings. The lowest BCUT2D eigenvalue weighted by Crippen LogP contribution is -2.69. The van der Waals surface area contributed by atoms with Gasteiger partial charge >= 0.3 is 5.97 Å². The summed E-state index contributed by atoms with van der Waals surface area (Å²) < 4.78 is 27.3. The van der Waals surface area contributed by atoms with Crippen molar-refractivity contribution in [1.29, 1.82) is 0 Å². The largest absolute Gasteiger partial charge is 0.469 e. The Balaban J connectivity index is 1.85. The molecule has 0 bridgehead atoms. The first kappa shape index (κ1) is 38.5. The molecule has 0 N–H and O–H groups in total. The zero-order valence-corrected chi connectivity index (χ0v) is 35.5. The van der Waals surface area contributed by atoms with Crippen LogP contribution in [0.15, 0.2) is 12.2 Å². The van der Waals surface area contributed by atoms with Crippen molar-refractivity contribution in [2.45, 2.75) is 163 Å². The highest BCUT2D eigenvalue weighted by molar-refractivity contribution is 6.70. The summed E-state index contributed by atoms with van der Waals surface area (Å²) in [6, 6.07) is 0. The van der Waals surface area contributed by atoms with E-state index in [2.05, 4.69) is 106 Å². The highest BCUT2D eigenvalue weighted by Crippen LogP contribution is 2.72. The van der Waals surface area contributed by atoms with Gasteiger partial charge in [0, 0.05) is 12.2 Å². The number of methoxy groups -OCH3 is 1. The third kappa shape index (κ3) is 7.57. The summed E-state index contributed by atoms with van der Waals surface area (Å²) >= 11 is 0. The molecule has 0 radical (unpaired) electrons. The maximum Gasteiger partial charge on any atom is 0.312 e. The van der Waals surface area contributed by atoms with Crippen LogP contribution in [0.3, 0.4) is 0 Å². The van der Waals surface area contributed by atoms with Crippen molar-refractivity contribution in [2.75, 3.05) is 7.11 Å². The lowest BCUT2D eigenvalue weighted by atomic mass is 9.38. The van der Waals surface area contributed by atoms with E-state index >= 15 is 0 Å². The second kappa shape index (κ2) is 13.5. The van der Waals surface area contributed by atoms with Gasteiger partial charge in [0.05, 0.1) is 18.6 Å². The molecule has 0 aromatic rings. The molecule has 4 fully saturated rings. The number of carbonyl (C=O) groups is 1. The van der Waals surface area contributed by atoms with Crippen molar-refractivity contribution in [3.63, 3.8) is 0 Å². The lowest BCUT2D eigenvalue weighted by Gasteiger charge is -2.68. The van der Waals surface area contributed by atoms with Crippen LogP contribution in [-0.2, 0) is 22.8 Å². The van der Waals surface area contributed by atoms with Crippen molar-refractivity contribution in [1.82, 2.24) is 0 Å². The van der Waals surface area contributed by atoms with Crippen LogP contribution in [-0.4, -0.2) is 56.3 Å². The average Bonchev–Trinajstić information content (AvgIpc) is 3.24. The Labute approximate surface area is 287 Å². The molecule has 5 nitrogen and oxygen atoms in total. The van der Waals surface area contributed by atoms with Gasteiger partial charge in [0.2, 0.25) is 0 Å². The van der Waals surface area contributed by atoms with E-state index in [-0.39, 0.29) is 35.1 Å². The van der Waals surface area contributed by atoms with Crippen LogP contribution in [0.4, 0.5) is 0 Å². The van der Waals surface area contributed by atoms with E-state index in [0.717, 1.165) is 38.5 Å². The fourth-order valence-electron chi connectivity index (χ4n) is 11.2. The molecule has 0 unspecified atom stereocenters. The van der Waals surface area contributed by atoms with E-state index < -0.39 is 30.4 Å². The molecule has 0 heterocycles. The zero-order valence-electron chi connectivity index (χ0n) is 32.5. The predicted molar refractivity (Wildman–Crippen MR) is 199 cm³/mol. The fourth-order valence-corrected chi connectivity index (χ4v) is 14.8. The maximum absolute atomic E-state index is 14.4. The van der Waals surface area contributed by atoms with Gasteiger partial charge in [-0.1, -0.05) is 46.8 Å². The molecule has 266 valence electrons. The molecule has 4 saturated carbocycles. The van der Waals surface area contributed by atoms with Crippen LogP contribution in [0.2, 0.25) is 58.9 Å². The van der Waals surface area contributed by atoms with Crippen molar-refractivity contribution < 1.29 is 22.8 Å². The van der Waals surface area contributed by atoms with Gasteiger partial charge in [-0.05, 0) is 157 Å². The summed E-state index contributed by atoms with van der Waals surface area (Å²) in [4.78, 5) is 14.4. The van der Waals surface area contributed by atoms with E-state index in [4.69, 9.17) is 18.0 Å². The monoisotopic (exact) mass is 692 g/mol. The third-order valence-corrected chi connectivity index (χ3v) is 15.8. The van der Waals surface area contributed by atoms with Crippen molar-refractivity contribution in [3.8, 4) is 0 Å². The highest BCUT2D eigenvalue weighted by atomic mass is 28.4. The molecular formula is C38H72O5Si3. The van der Waals surface area contributed by atoms with Gasteiger partial charge in [-0.25, -0.2) is 0 Å². The topological polar surface area (TPSA) is 54.0 Å². The summed E-state index contributed by atoms with van der Waals surface area (Å²) in [5, 5.41) is 0. The summed E-state index contributed by atoms with van der Waals surface area (Å²) in [5.41, 5.74) is -0.705. The Morgan fingerprint density at radius 2 is 1.43 bits per heavy atom. The summed E-state index contributed by atoms with van der Waals surface area (Å²) in [5.74, 6) is 3.08. The van der Waals surface area contributed by atoms with E-state index in [0.29, 0.717) is 35.5 Å². The minimum atomic E-state index is -1.94. The smallest absolute Gasteiger partial charge is 0.312 e. The number of hydrogen-bond acceptors (Lipinski definition) is 5. The summed E-state index contributed by atoms with van der Waals surface area (Å²) in [6.45, 7) is 33.1. The molecule has 46 heavy (non-hydrogen) atoms. The first-order valence-corrected chi connectivity index (χ1v) is 29.0. The normalized spacial score (nSPS) is 40.8. The standard InChI is InChI=1S/C38H72O5Si3/c1-26(2)17-16-18-27(3)29-19-20-30-34-31(23-33(37(29,30)5)43-46(13,14)15)36(4)22-21-28(41-44(7,8)9)24-38(36,35(39)40-6)25-32(34)42-45(10,11)12/h16-17,26-34H,18-25H2,1-15H3/b17-16+/t27-,28-,29-,30+,31+,32-,33+,34+,36-,37-,38+/m1/s1. The van der Waals surface area contributed by atoms with Gasteiger partial charge in [-0.2, -0.15) is 0 Å². The van der Waals surface area contributed by atoms with Gasteiger partial charge in [-0.15, -0.1) is 0 Å². The number of allylic oxidation sites excluding steroid dienone is 2. The van der Waals surface area contributed by atoms with Crippen molar-refractivity contribution >= 4 is 30.9 Å². The van der Waals surface area contributed by atoms with Crippen LogP contribution in [0, 0.1) is 51.8 Å². The predicted octanol–water partition coefficient (Wildman–Crippen LogP) is 10.3. The Morgan fingerprint density at radius 1 is 0.826 bits per heavy atom. The molecule has 0 aromatic carbocycles. The minimum absolute atomic E-state index is 0.0348. The van der Waals surface area contributed by atoms with Gasteiger partial charge in [0.15, 0.2) is 25.0 Å². The molecule has 0 amide bonds. The Hall–Kier alpha value is -0.259. The van der Waals surface area contributed by atoms with E-state index in [1.807, 2.05) is 0 Å². The number of rotatable bonds is 11. The van der Waals surface area contributed by atoms with E-state index in [1.54, 1.807) is 7.11 Å². The summed E-state index contributed by atoms with van der Waals surface area (Å²) in [7, 11) is -3.99. The van der Waals surface area contributed by atoms with Gasteiger partial charge in [0.25, 0.3) is 0 Å². The number of hydrogen-bond donors (Lipinski definition) is 0. The quantitative estimate of drug-likeness (QED) is 0.123. The van der Waals surface area contributed by atoms with E-state index in [1.165, 1.54) is 12.8 Å². The average molecular weight is 693 g/mol. The molecule has 8 heteroatoms. The fraction of sp³-hybridized carbons (Fsp3) is 0.921. The van der Waals surface area contributed by atoms with Crippen LogP contribution in [0.25, 0.3) is 0 Å². The van der Waals surface area contributed by atoms with Crippen LogP contribution >= 0.6 is 0 Å². The molecule has 0 aliphatic heterocycles. The zero-order chi connectivity index (χ0) is 34.7. The molecule has 4 aliphatic carbocycles.